The van der Waals surface area contributed by atoms with Crippen LogP contribution in [0.2, 0.25) is 0 Å². The molecule has 27 heavy (non-hydrogen) atoms. The second kappa shape index (κ2) is 3.79. The zero-order valence-electron chi connectivity index (χ0n) is 14.4. The summed E-state index contributed by atoms with van der Waals surface area (Å²) < 4.78 is 5.00. The Morgan fingerprint density at radius 1 is 0.926 bits per heavy atom. The predicted octanol–water partition coefficient (Wildman–Crippen LogP) is 1.31. The summed E-state index contributed by atoms with van der Waals surface area (Å²) in [6.45, 7) is 0. The van der Waals surface area contributed by atoms with Crippen molar-refractivity contribution in [3.63, 3.8) is 0 Å². The number of halogens is 1. The number of hydrogen-bond donors (Lipinski definition) is 1. The summed E-state index contributed by atoms with van der Waals surface area (Å²) in [5, 5.41) is 10.6. The highest BCUT2D eigenvalue weighted by molar-refractivity contribution is 9.09. The van der Waals surface area contributed by atoms with Crippen LogP contribution in [0.1, 0.15) is 24.9 Å². The number of aromatic nitrogens is 3. The molecule has 0 amide bonds. The molecule has 2 bridgehead atoms. The zero-order chi connectivity index (χ0) is 18.0. The summed E-state index contributed by atoms with van der Waals surface area (Å²) >= 11 is 3.70. The van der Waals surface area contributed by atoms with E-state index in [0.717, 1.165) is 12.8 Å². The fourth-order valence-electron chi connectivity index (χ4n) is 8.99. The fraction of sp³-hybridized carbons (Fsp3) is 0.600. The van der Waals surface area contributed by atoms with Gasteiger partial charge in [0.2, 0.25) is 0 Å². The molecule has 0 saturated heterocycles. The number of rotatable bonds is 1. The van der Waals surface area contributed by atoms with Crippen LogP contribution < -0.4 is 11.4 Å². The first-order valence-corrected chi connectivity index (χ1v) is 10.8. The maximum absolute atomic E-state index is 13.4. The second-order valence-corrected chi connectivity index (χ2v) is 10.8. The summed E-state index contributed by atoms with van der Waals surface area (Å²) in [5.74, 6) is 2.38. The van der Waals surface area contributed by atoms with Crippen molar-refractivity contribution < 1.29 is 5.11 Å². The number of para-hydroxylation sites is 1. The van der Waals surface area contributed by atoms with E-state index < -0.39 is 0 Å². The average molecular weight is 428 g/mol. The molecule has 1 N–H and O–H groups in total. The minimum atomic E-state index is -0.356. The molecule has 9 rings (SSSR count). The van der Waals surface area contributed by atoms with Gasteiger partial charge < -0.3 is 5.11 Å². The number of hydrogen-bond acceptors (Lipinski definition) is 3. The van der Waals surface area contributed by atoms with Gasteiger partial charge in [-0.05, 0) is 48.6 Å². The third-order valence-corrected chi connectivity index (χ3v) is 10.2. The molecule has 0 unspecified atom stereocenters. The van der Waals surface area contributed by atoms with Crippen molar-refractivity contribution in [2.45, 2.75) is 35.9 Å². The third-order valence-electron chi connectivity index (χ3n) is 9.30. The number of nitrogens with zero attached hydrogens (tertiary/aromatic N) is 3. The largest absolute Gasteiger partial charge is 0.392 e. The Hall–Kier alpha value is -1.60. The standard InChI is InChI=1S/C20H18BrN3O3/c21-9-6-19-14-11-12-13(11)16(20(14,19)7-10(9)25)24-18(27)22(8-4-2-1-3-5-8)17(26)23(24)15(12)19/h1-5,9-16,25H,6-7H2/t9-,10-,11+,12+,13-,14-,15+,16+,19-,20+/m0/s1. The molecule has 10 atom stereocenters. The molecule has 7 aliphatic rings. The summed E-state index contributed by atoms with van der Waals surface area (Å²) in [6.07, 6.45) is 1.34. The van der Waals surface area contributed by atoms with Gasteiger partial charge in [-0.15, -0.1) is 0 Å². The van der Waals surface area contributed by atoms with Crippen LogP contribution in [0.15, 0.2) is 39.9 Å². The van der Waals surface area contributed by atoms with Gasteiger partial charge in [0, 0.05) is 15.7 Å². The van der Waals surface area contributed by atoms with E-state index in [9.17, 15) is 14.7 Å². The van der Waals surface area contributed by atoms with Gasteiger partial charge in [0.1, 0.15) is 0 Å². The highest BCUT2D eigenvalue weighted by Gasteiger charge is 3.03. The van der Waals surface area contributed by atoms with E-state index in [1.165, 1.54) is 4.57 Å². The van der Waals surface area contributed by atoms with E-state index in [1.807, 2.05) is 39.7 Å². The summed E-state index contributed by atoms with van der Waals surface area (Å²) in [6, 6.07) is 9.50. The summed E-state index contributed by atoms with van der Waals surface area (Å²) in [7, 11) is 0. The highest BCUT2D eigenvalue weighted by atomic mass is 79.9. The van der Waals surface area contributed by atoms with Crippen molar-refractivity contribution in [3.05, 3.63) is 51.3 Å². The van der Waals surface area contributed by atoms with Gasteiger partial charge in [-0.2, -0.15) is 0 Å². The second-order valence-electron chi connectivity index (χ2n) is 9.60. The summed E-state index contributed by atoms with van der Waals surface area (Å²) in [4.78, 5) is 26.9. The molecule has 2 aliphatic heterocycles. The smallest absolute Gasteiger partial charge is 0.352 e. The lowest BCUT2D eigenvalue weighted by atomic mass is 9.64. The van der Waals surface area contributed by atoms with Crippen molar-refractivity contribution in [3.8, 4) is 5.69 Å². The van der Waals surface area contributed by atoms with Crippen molar-refractivity contribution in [2.75, 3.05) is 0 Å². The van der Waals surface area contributed by atoms with E-state index in [-0.39, 0.29) is 45.2 Å². The normalized spacial score (nSPS) is 53.9. The average Bonchev–Trinajstić information content (AvgIpc) is 3.40. The first kappa shape index (κ1) is 14.4. The number of aliphatic hydroxyl groups excluding tert-OH is 1. The van der Waals surface area contributed by atoms with Crippen molar-refractivity contribution >= 4 is 15.9 Å². The monoisotopic (exact) mass is 427 g/mol. The fourth-order valence-corrected chi connectivity index (χ4v) is 9.72. The summed E-state index contributed by atoms with van der Waals surface area (Å²) in [5.41, 5.74) is 0.431. The maximum atomic E-state index is 13.4. The molecule has 5 fully saturated rings. The molecule has 138 valence electrons. The van der Waals surface area contributed by atoms with Gasteiger partial charge in [-0.3, -0.25) is 0 Å². The van der Waals surface area contributed by atoms with Crippen LogP contribution in [0.25, 0.3) is 5.69 Å². The molecule has 3 heterocycles. The molecule has 1 aromatic heterocycles. The Morgan fingerprint density at radius 2 is 1.52 bits per heavy atom. The number of aliphatic hydroxyl groups is 1. The SMILES string of the molecule is O=c1n(-c2ccccc2)c(=O)n2n1[C@@H]1[C@@H]3[C@@H]4[C@@H]3[C@@H]2[C@]23C[C@H](O)[C@@H](Br)C[C@]12[C@H]43. The van der Waals surface area contributed by atoms with E-state index in [4.69, 9.17) is 0 Å². The van der Waals surface area contributed by atoms with Gasteiger partial charge in [0.25, 0.3) is 0 Å². The molecule has 2 spiro atoms. The topological polar surface area (TPSA) is 69.2 Å². The van der Waals surface area contributed by atoms with Gasteiger partial charge in [0.15, 0.2) is 0 Å². The number of alkyl halides is 1. The van der Waals surface area contributed by atoms with Crippen molar-refractivity contribution in [1.82, 2.24) is 13.9 Å². The Balaban J connectivity index is 1.44. The Kier molecular flexibility index (Phi) is 2.02. The molecule has 6 nitrogen and oxygen atoms in total. The van der Waals surface area contributed by atoms with E-state index in [0.29, 0.717) is 29.4 Å². The molecule has 5 saturated carbocycles. The molecular formula is C20H18BrN3O3. The predicted molar refractivity (Wildman–Crippen MR) is 99.1 cm³/mol. The maximum Gasteiger partial charge on any atom is 0.352 e. The molecular weight excluding hydrogens is 410 g/mol. The van der Waals surface area contributed by atoms with Crippen LogP contribution in [0.4, 0.5) is 0 Å². The highest BCUT2D eigenvalue weighted by Crippen LogP contribution is 3.04. The quantitative estimate of drug-likeness (QED) is 0.697. The van der Waals surface area contributed by atoms with Gasteiger partial charge in [0.05, 0.1) is 23.9 Å². The lowest BCUT2D eigenvalue weighted by Crippen LogP contribution is -2.56. The van der Waals surface area contributed by atoms with E-state index in [1.54, 1.807) is 0 Å². The molecule has 1 aromatic carbocycles. The van der Waals surface area contributed by atoms with Crippen molar-refractivity contribution in [2.24, 2.45) is 34.5 Å². The Bertz CT molecular complexity index is 1110. The first-order chi connectivity index (χ1) is 13.1. The zero-order valence-corrected chi connectivity index (χ0v) is 16.0. The molecule has 7 heteroatoms. The minimum Gasteiger partial charge on any atom is -0.392 e. The molecule has 0 radical (unpaired) electrons. The third kappa shape index (κ3) is 1.10. The van der Waals surface area contributed by atoms with Crippen LogP contribution in [-0.2, 0) is 0 Å². The molecule has 5 aliphatic carbocycles. The van der Waals surface area contributed by atoms with Gasteiger partial charge in [-0.25, -0.2) is 23.5 Å². The van der Waals surface area contributed by atoms with Crippen LogP contribution in [-0.4, -0.2) is 30.0 Å². The van der Waals surface area contributed by atoms with Crippen LogP contribution in [0.3, 0.4) is 0 Å². The lowest BCUT2D eigenvalue weighted by molar-refractivity contribution is -0.0543. The van der Waals surface area contributed by atoms with Gasteiger partial charge in [-0.1, -0.05) is 34.1 Å². The van der Waals surface area contributed by atoms with Crippen molar-refractivity contribution in [1.29, 1.82) is 0 Å². The number of benzene rings is 1. The Labute approximate surface area is 162 Å². The van der Waals surface area contributed by atoms with Crippen LogP contribution >= 0.6 is 15.9 Å². The first-order valence-electron chi connectivity index (χ1n) is 9.89. The Morgan fingerprint density at radius 3 is 2.15 bits per heavy atom. The lowest BCUT2D eigenvalue weighted by Gasteiger charge is -2.52. The minimum absolute atomic E-state index is 0.0462. The van der Waals surface area contributed by atoms with E-state index >= 15 is 0 Å². The van der Waals surface area contributed by atoms with Crippen LogP contribution in [0, 0.1) is 34.5 Å². The van der Waals surface area contributed by atoms with Crippen LogP contribution in [0.5, 0.6) is 0 Å². The van der Waals surface area contributed by atoms with E-state index in [2.05, 4.69) is 15.9 Å². The van der Waals surface area contributed by atoms with Gasteiger partial charge >= 0.3 is 11.4 Å². The molecule has 2 aromatic rings.